The predicted octanol–water partition coefficient (Wildman–Crippen LogP) is 3.41. The number of aromatic amines is 1. The molecule has 2 aromatic rings. The van der Waals surface area contributed by atoms with Gasteiger partial charge in [-0.25, -0.2) is 9.86 Å². The van der Waals surface area contributed by atoms with Crippen LogP contribution in [0.5, 0.6) is 0 Å². The first kappa shape index (κ1) is 56.5. The molecule has 0 bridgehead atoms. The van der Waals surface area contributed by atoms with E-state index in [9.17, 15) is 42.3 Å². The van der Waals surface area contributed by atoms with Crippen molar-refractivity contribution in [2.24, 2.45) is 17.8 Å². The number of aromatic nitrogens is 1. The second-order valence-electron chi connectivity index (χ2n) is 17.7. The second kappa shape index (κ2) is 26.1. The van der Waals surface area contributed by atoms with Crippen molar-refractivity contribution in [1.82, 2.24) is 35.8 Å². The van der Waals surface area contributed by atoms with E-state index in [2.05, 4.69) is 20.9 Å². The van der Waals surface area contributed by atoms with E-state index >= 15 is 0 Å². The lowest BCUT2D eigenvalue weighted by atomic mass is 9.89. The van der Waals surface area contributed by atoms with Crippen molar-refractivity contribution < 1.29 is 66.5 Å². The first-order valence-corrected chi connectivity index (χ1v) is 22.9. The molecule has 18 nitrogen and oxygen atoms in total. The summed E-state index contributed by atoms with van der Waals surface area (Å²) in [6.07, 6.45) is -1.68. The van der Waals surface area contributed by atoms with Crippen LogP contribution in [0.15, 0.2) is 30.5 Å². The number of amides is 5. The summed E-state index contributed by atoms with van der Waals surface area (Å²) in [5.41, 5.74) is 1.83. The minimum atomic E-state index is -5.08. The highest BCUT2D eigenvalue weighted by molar-refractivity contribution is 5.91. The van der Waals surface area contributed by atoms with Crippen molar-refractivity contribution in [3.63, 3.8) is 0 Å². The smallest absolute Gasteiger partial charge is 0.475 e. The monoisotopic (exact) mass is 956 g/mol. The molecule has 0 spiro atoms. The van der Waals surface area contributed by atoms with Gasteiger partial charge in [0.1, 0.15) is 18.1 Å². The number of aliphatic hydroxyl groups is 1. The van der Waals surface area contributed by atoms with Gasteiger partial charge in [0.05, 0.1) is 49.3 Å². The number of hydrogen-bond acceptors (Lipinski definition) is 11. The van der Waals surface area contributed by atoms with E-state index in [-0.39, 0.29) is 48.3 Å². The number of carboxylic acid groups (broad SMARTS) is 1. The number of benzene rings is 1. The van der Waals surface area contributed by atoms with Crippen LogP contribution in [0.25, 0.3) is 10.9 Å². The molecule has 67 heavy (non-hydrogen) atoms. The third-order valence-electron chi connectivity index (χ3n) is 12.8. The highest BCUT2D eigenvalue weighted by Crippen LogP contribution is 2.30. The van der Waals surface area contributed by atoms with Crippen LogP contribution >= 0.6 is 0 Å². The average molecular weight is 956 g/mol. The van der Waals surface area contributed by atoms with Crippen molar-refractivity contribution in [1.29, 1.82) is 0 Å². The van der Waals surface area contributed by atoms with Crippen molar-refractivity contribution in [2.75, 3.05) is 48.0 Å². The number of halogens is 3. The summed E-state index contributed by atoms with van der Waals surface area (Å²) in [5, 5.41) is 28.3. The van der Waals surface area contributed by atoms with Crippen molar-refractivity contribution in [2.45, 2.75) is 141 Å². The van der Waals surface area contributed by atoms with Crippen LogP contribution in [-0.2, 0) is 49.5 Å². The van der Waals surface area contributed by atoms with E-state index in [0.29, 0.717) is 39.0 Å². The molecule has 1 unspecified atom stereocenters. The Kier molecular flexibility index (Phi) is 22.0. The molecule has 2 saturated heterocycles. The van der Waals surface area contributed by atoms with Gasteiger partial charge in [0.15, 0.2) is 0 Å². The van der Waals surface area contributed by atoms with Crippen LogP contribution in [0.1, 0.15) is 85.6 Å². The number of carbonyl (C=O) groups excluding carboxylic acids is 5. The number of aliphatic carboxylic acids is 1. The molecular formula is C46H72F3N7O11. The van der Waals surface area contributed by atoms with Crippen LogP contribution in [0.4, 0.5) is 13.2 Å². The normalized spacial score (nSPS) is 19.5. The zero-order chi connectivity index (χ0) is 50.3. The van der Waals surface area contributed by atoms with Gasteiger partial charge in [0, 0.05) is 57.9 Å². The molecule has 1 aromatic carbocycles. The van der Waals surface area contributed by atoms with E-state index < -0.39 is 72.5 Å². The number of H-pyrrole nitrogens is 1. The quantitative estimate of drug-likeness (QED) is 0.106. The van der Waals surface area contributed by atoms with Crippen LogP contribution in [-0.4, -0.2) is 168 Å². The largest absolute Gasteiger partial charge is 0.490 e. The number of hydroxylamine groups is 2. The van der Waals surface area contributed by atoms with Crippen molar-refractivity contribution >= 4 is 46.4 Å². The lowest BCUT2D eigenvalue weighted by molar-refractivity contribution is -0.199. The van der Waals surface area contributed by atoms with Crippen molar-refractivity contribution in [3.05, 3.63) is 36.0 Å². The predicted molar refractivity (Wildman–Crippen MR) is 242 cm³/mol. The number of aliphatic hydroxyl groups excluding tert-OH is 1. The molecule has 4 rings (SSSR count). The van der Waals surface area contributed by atoms with E-state index in [1.54, 1.807) is 30.8 Å². The van der Waals surface area contributed by atoms with Gasteiger partial charge in [0.25, 0.3) is 5.91 Å². The van der Waals surface area contributed by atoms with Gasteiger partial charge in [-0.15, -0.1) is 0 Å². The summed E-state index contributed by atoms with van der Waals surface area (Å²) in [7, 11) is 6.31. The maximum absolute atomic E-state index is 14.4. The standard InChI is InChI=1S/C44H71N7O9.C2HF3O2/c1-11-27(4)39(49(8)44(57)37(26(2)3)48-42(55)38(45-7)29(6)52)35(58-9)24-36(53)50-20-16-19-34(50)40(59-10)28(5)41(54)47-33(43(56)51-21-14-15-22-60-51)23-30-25-46-32-18-13-12-17-31(30)32;3-2(4,5)1(6)7/h12-13,17-18,25-29,33-35,37-40,45-46,52H,11,14-16,19-24H2,1-10H3,(H,47,54)(H,48,55);(H,6,7)/t27-,28+,29?,33-,34-,35+,37-,38-,39-,40+;/m0./s1. The van der Waals surface area contributed by atoms with Gasteiger partial charge in [-0.3, -0.25) is 28.8 Å². The van der Waals surface area contributed by atoms with Gasteiger partial charge in [-0.2, -0.15) is 13.2 Å². The zero-order valence-corrected chi connectivity index (χ0v) is 40.4. The fourth-order valence-electron chi connectivity index (χ4n) is 8.84. The summed E-state index contributed by atoms with van der Waals surface area (Å²) in [4.78, 5) is 91.0. The Bertz CT molecular complexity index is 1940. The molecule has 10 atom stereocenters. The number of hydrogen-bond donors (Lipinski definition) is 6. The number of rotatable bonds is 21. The lowest BCUT2D eigenvalue weighted by Gasteiger charge is -2.41. The molecule has 2 aliphatic rings. The van der Waals surface area contributed by atoms with Gasteiger partial charge in [-0.1, -0.05) is 59.2 Å². The number of likely N-dealkylation sites (tertiary alicyclic amines) is 1. The third kappa shape index (κ3) is 15.1. The molecule has 1 aromatic heterocycles. The fraction of sp³-hybridized carbons (Fsp3) is 0.696. The Balaban J connectivity index is 0.00000157. The molecule has 5 amide bonds. The first-order valence-electron chi connectivity index (χ1n) is 22.9. The van der Waals surface area contributed by atoms with E-state index in [0.717, 1.165) is 29.3 Å². The SMILES string of the molecule is CC[C@H](C)[C@@H]([C@@H](CC(=O)N1CCC[C@H]1[C@H](OC)[C@@H](C)C(=O)N[C@@H](Cc1c[nH]c2ccccc12)C(=O)N1CCCCO1)OC)N(C)C(=O)[C@@H](NC(=O)[C@@H](NC)C(C)O)C(C)C.O=C(O)C(F)(F)F. The van der Waals surface area contributed by atoms with Crippen LogP contribution in [0, 0.1) is 17.8 Å². The number of carboxylic acids is 1. The number of likely N-dealkylation sites (N-methyl/N-ethyl adjacent to an activating group) is 2. The number of para-hydroxylation sites is 1. The van der Waals surface area contributed by atoms with Gasteiger partial charge in [0.2, 0.25) is 23.6 Å². The third-order valence-corrected chi connectivity index (χ3v) is 12.8. The Labute approximate surface area is 390 Å². The number of fused-ring (bicyclic) bond motifs is 1. The number of nitrogens with one attached hydrogen (secondary N) is 4. The lowest BCUT2D eigenvalue weighted by Crippen LogP contribution is -2.60. The molecule has 3 heterocycles. The van der Waals surface area contributed by atoms with E-state index in [4.69, 9.17) is 24.2 Å². The first-order chi connectivity index (χ1) is 31.5. The Morgan fingerprint density at radius 3 is 2.15 bits per heavy atom. The topological polar surface area (TPSA) is 232 Å². The number of methoxy groups -OCH3 is 2. The second-order valence-corrected chi connectivity index (χ2v) is 17.7. The van der Waals surface area contributed by atoms with Gasteiger partial charge >= 0.3 is 12.1 Å². The minimum Gasteiger partial charge on any atom is -0.475 e. The maximum atomic E-state index is 14.4. The fourth-order valence-corrected chi connectivity index (χ4v) is 8.84. The van der Waals surface area contributed by atoms with Crippen molar-refractivity contribution in [3.8, 4) is 0 Å². The highest BCUT2D eigenvalue weighted by atomic mass is 19.4. The summed E-state index contributed by atoms with van der Waals surface area (Å²) in [6.45, 7) is 12.3. The minimum absolute atomic E-state index is 0.0315. The summed E-state index contributed by atoms with van der Waals surface area (Å²) < 4.78 is 43.8. The molecule has 21 heteroatoms. The summed E-state index contributed by atoms with van der Waals surface area (Å²) in [5.74, 6) is -5.54. The van der Waals surface area contributed by atoms with Crippen LogP contribution in [0.2, 0.25) is 0 Å². The summed E-state index contributed by atoms with van der Waals surface area (Å²) in [6, 6.07) is 4.17. The molecule has 0 saturated carbocycles. The Morgan fingerprint density at radius 2 is 1.61 bits per heavy atom. The average Bonchev–Trinajstić information content (AvgIpc) is 3.95. The molecule has 378 valence electrons. The maximum Gasteiger partial charge on any atom is 0.490 e. The Hall–Kier alpha value is -4.83. The molecule has 2 fully saturated rings. The highest BCUT2D eigenvalue weighted by Gasteiger charge is 2.44. The van der Waals surface area contributed by atoms with Crippen LogP contribution < -0.4 is 16.0 Å². The summed E-state index contributed by atoms with van der Waals surface area (Å²) >= 11 is 0. The van der Waals surface area contributed by atoms with Gasteiger partial charge < -0.3 is 50.4 Å². The molecule has 0 aliphatic carbocycles. The molecule has 0 radical (unpaired) electrons. The number of ether oxygens (including phenoxy) is 2. The zero-order valence-electron chi connectivity index (χ0n) is 40.4. The molecular weight excluding hydrogens is 884 g/mol. The van der Waals surface area contributed by atoms with E-state index in [1.807, 2.05) is 58.2 Å². The number of nitrogens with zero attached hydrogens (tertiary/aromatic N) is 3. The number of alkyl halides is 3. The molecule has 6 N–H and O–H groups in total. The van der Waals surface area contributed by atoms with Crippen LogP contribution in [0.3, 0.4) is 0 Å². The number of carbonyl (C=O) groups is 6. The Morgan fingerprint density at radius 1 is 0.955 bits per heavy atom. The molecule has 2 aliphatic heterocycles. The van der Waals surface area contributed by atoms with Gasteiger partial charge in [-0.05, 0) is 63.1 Å². The van der Waals surface area contributed by atoms with E-state index in [1.165, 1.54) is 26.2 Å².